The Kier molecular flexibility index (Phi) is 4.61. The number of hydrogen-bond donors (Lipinski definition) is 0. The Morgan fingerprint density at radius 2 is 2.04 bits per heavy atom. The molecule has 6 nitrogen and oxygen atoms in total. The van der Waals surface area contributed by atoms with Gasteiger partial charge in [-0.2, -0.15) is 0 Å². The van der Waals surface area contributed by atoms with Crippen molar-refractivity contribution in [1.29, 1.82) is 0 Å². The highest BCUT2D eigenvalue weighted by Crippen LogP contribution is 2.41. The Hall–Kier alpha value is -2.80. The molecule has 140 valence electrons. The van der Waals surface area contributed by atoms with Crippen molar-refractivity contribution in [2.45, 2.75) is 19.4 Å². The van der Waals surface area contributed by atoms with E-state index >= 15 is 0 Å². The summed E-state index contributed by atoms with van der Waals surface area (Å²) < 4.78 is 16.5. The summed E-state index contributed by atoms with van der Waals surface area (Å²) in [5.41, 5.74) is 2.86. The van der Waals surface area contributed by atoms with Crippen molar-refractivity contribution in [3.05, 3.63) is 63.2 Å². The third-order valence-corrected chi connectivity index (χ3v) is 5.64. The second kappa shape index (κ2) is 7.08. The molecule has 0 fully saturated rings. The average Bonchev–Trinajstić information content (AvgIpc) is 3.37. The van der Waals surface area contributed by atoms with E-state index < -0.39 is 0 Å². The molecule has 0 saturated heterocycles. The van der Waals surface area contributed by atoms with Crippen molar-refractivity contribution in [3.63, 3.8) is 0 Å². The lowest BCUT2D eigenvalue weighted by atomic mass is 9.90. The summed E-state index contributed by atoms with van der Waals surface area (Å²) in [6, 6.07) is 9.17. The first kappa shape index (κ1) is 17.6. The van der Waals surface area contributed by atoms with Crippen LogP contribution in [-0.4, -0.2) is 36.7 Å². The minimum Gasteiger partial charge on any atom is -0.493 e. The van der Waals surface area contributed by atoms with Crippen LogP contribution in [0.3, 0.4) is 0 Å². The third-order valence-electron chi connectivity index (χ3n) is 4.78. The van der Waals surface area contributed by atoms with Crippen LogP contribution in [0.1, 0.15) is 38.3 Å². The maximum atomic E-state index is 13.2. The zero-order valence-electron chi connectivity index (χ0n) is 15.4. The number of benzene rings is 1. The molecule has 1 aliphatic heterocycles. The molecule has 0 N–H and O–H groups in total. The Morgan fingerprint density at radius 3 is 2.67 bits per heavy atom. The molecule has 0 saturated carbocycles. The highest BCUT2D eigenvalue weighted by molar-refractivity contribution is 7.12. The van der Waals surface area contributed by atoms with Crippen molar-refractivity contribution < 1.29 is 18.8 Å². The van der Waals surface area contributed by atoms with E-state index in [1.54, 1.807) is 14.2 Å². The monoisotopic (exact) mass is 384 g/mol. The number of amides is 1. The van der Waals surface area contributed by atoms with E-state index in [1.807, 2.05) is 47.5 Å². The fourth-order valence-electron chi connectivity index (χ4n) is 3.53. The first-order chi connectivity index (χ1) is 13.1. The number of ether oxygens (including phenoxy) is 2. The number of aryl methyl sites for hydroxylation is 1. The van der Waals surface area contributed by atoms with Gasteiger partial charge in [0.15, 0.2) is 17.3 Å². The number of aromatic nitrogens is 1. The minimum atomic E-state index is -0.357. The number of nitrogens with zero attached hydrogens (tertiary/aromatic N) is 2. The van der Waals surface area contributed by atoms with Gasteiger partial charge in [0.1, 0.15) is 6.04 Å². The molecule has 7 heteroatoms. The van der Waals surface area contributed by atoms with Crippen molar-refractivity contribution in [3.8, 4) is 11.5 Å². The Balaban J connectivity index is 1.85. The summed E-state index contributed by atoms with van der Waals surface area (Å²) in [4.78, 5) is 15.7. The van der Waals surface area contributed by atoms with Crippen LogP contribution >= 0.6 is 11.3 Å². The molecule has 4 rings (SSSR count). The zero-order valence-corrected chi connectivity index (χ0v) is 16.2. The summed E-state index contributed by atoms with van der Waals surface area (Å²) in [5, 5.41) is 5.94. The van der Waals surface area contributed by atoms with Gasteiger partial charge in [0.05, 0.1) is 24.8 Å². The van der Waals surface area contributed by atoms with Gasteiger partial charge in [-0.25, -0.2) is 0 Å². The molecule has 0 spiro atoms. The van der Waals surface area contributed by atoms with Crippen LogP contribution in [-0.2, 0) is 6.42 Å². The molecule has 1 aromatic carbocycles. The topological polar surface area (TPSA) is 64.8 Å². The predicted octanol–water partition coefficient (Wildman–Crippen LogP) is 3.85. The van der Waals surface area contributed by atoms with E-state index in [4.69, 9.17) is 14.0 Å². The number of thiophene rings is 1. The van der Waals surface area contributed by atoms with Crippen molar-refractivity contribution >= 4 is 17.2 Å². The summed E-state index contributed by atoms with van der Waals surface area (Å²) in [6.07, 6.45) is 0.733. The number of fused-ring (bicyclic) bond motifs is 1. The van der Waals surface area contributed by atoms with Crippen LogP contribution in [0.4, 0.5) is 0 Å². The fourth-order valence-corrected chi connectivity index (χ4v) is 4.20. The van der Waals surface area contributed by atoms with E-state index in [9.17, 15) is 4.79 Å². The van der Waals surface area contributed by atoms with Crippen LogP contribution in [0, 0.1) is 6.92 Å². The smallest absolute Gasteiger partial charge is 0.264 e. The van der Waals surface area contributed by atoms with E-state index in [2.05, 4.69) is 5.16 Å². The van der Waals surface area contributed by atoms with Crippen LogP contribution in [0.15, 0.2) is 40.2 Å². The van der Waals surface area contributed by atoms with Gasteiger partial charge < -0.3 is 18.9 Å². The van der Waals surface area contributed by atoms with Crippen LogP contribution in [0.5, 0.6) is 11.5 Å². The number of carbonyl (C=O) groups is 1. The number of hydrogen-bond acceptors (Lipinski definition) is 6. The number of rotatable bonds is 4. The number of carbonyl (C=O) groups excluding carboxylic acids is 1. The van der Waals surface area contributed by atoms with E-state index in [1.165, 1.54) is 11.3 Å². The molecule has 1 atom stereocenters. The molecule has 3 aromatic rings. The maximum Gasteiger partial charge on any atom is 0.264 e. The van der Waals surface area contributed by atoms with Crippen molar-refractivity contribution in [2.24, 2.45) is 0 Å². The molecule has 0 radical (unpaired) electrons. The molecule has 3 heterocycles. The highest BCUT2D eigenvalue weighted by atomic mass is 32.1. The van der Waals surface area contributed by atoms with Gasteiger partial charge in [0.25, 0.3) is 5.91 Å². The lowest BCUT2D eigenvalue weighted by Crippen LogP contribution is -2.40. The van der Waals surface area contributed by atoms with Crippen molar-refractivity contribution in [2.75, 3.05) is 20.8 Å². The molecule has 1 aliphatic rings. The Bertz CT molecular complexity index is 965. The first-order valence-electron chi connectivity index (χ1n) is 8.65. The molecular weight excluding hydrogens is 364 g/mol. The summed E-state index contributed by atoms with van der Waals surface area (Å²) in [5.74, 6) is 1.94. The normalized spacial score (nSPS) is 16.1. The SMILES string of the molecule is COc1cc2c(cc1OC)C(c1cc(C)no1)N(C(=O)c1cccs1)CC2. The van der Waals surface area contributed by atoms with Crippen LogP contribution in [0.2, 0.25) is 0 Å². The lowest BCUT2D eigenvalue weighted by molar-refractivity contribution is 0.0674. The molecular formula is C20H20N2O4S. The second-order valence-electron chi connectivity index (χ2n) is 6.41. The van der Waals surface area contributed by atoms with E-state index in [0.29, 0.717) is 28.7 Å². The van der Waals surface area contributed by atoms with Gasteiger partial charge in [-0.3, -0.25) is 4.79 Å². The van der Waals surface area contributed by atoms with E-state index in [-0.39, 0.29) is 11.9 Å². The molecule has 1 amide bonds. The zero-order chi connectivity index (χ0) is 19.0. The first-order valence-corrected chi connectivity index (χ1v) is 9.52. The van der Waals surface area contributed by atoms with E-state index in [0.717, 1.165) is 23.2 Å². The predicted molar refractivity (Wildman–Crippen MR) is 102 cm³/mol. The Morgan fingerprint density at radius 1 is 1.26 bits per heavy atom. The molecule has 1 unspecified atom stereocenters. The van der Waals surface area contributed by atoms with Gasteiger partial charge in [-0.05, 0) is 48.1 Å². The summed E-state index contributed by atoms with van der Waals surface area (Å²) >= 11 is 1.44. The summed E-state index contributed by atoms with van der Waals surface area (Å²) in [6.45, 7) is 2.46. The van der Waals surface area contributed by atoms with Gasteiger partial charge in [0, 0.05) is 12.6 Å². The van der Waals surface area contributed by atoms with Gasteiger partial charge in [0.2, 0.25) is 0 Å². The Labute approximate surface area is 161 Å². The lowest BCUT2D eigenvalue weighted by Gasteiger charge is -2.36. The van der Waals surface area contributed by atoms with Crippen LogP contribution in [0.25, 0.3) is 0 Å². The molecule has 0 bridgehead atoms. The standard InChI is InChI=1S/C20H20N2O4S/c1-12-9-17(26-21-12)19-14-11-16(25-3)15(24-2)10-13(14)6-7-22(19)20(23)18-5-4-8-27-18/h4-5,8-11,19H,6-7H2,1-3H3. The second-order valence-corrected chi connectivity index (χ2v) is 7.35. The molecule has 27 heavy (non-hydrogen) atoms. The average molecular weight is 384 g/mol. The fraction of sp³-hybridized carbons (Fsp3) is 0.300. The quantitative estimate of drug-likeness (QED) is 0.684. The molecule has 2 aromatic heterocycles. The third kappa shape index (κ3) is 3.08. The maximum absolute atomic E-state index is 13.2. The van der Waals surface area contributed by atoms with Gasteiger partial charge in [-0.1, -0.05) is 11.2 Å². The number of methoxy groups -OCH3 is 2. The molecule has 0 aliphatic carbocycles. The van der Waals surface area contributed by atoms with Gasteiger partial charge >= 0.3 is 0 Å². The van der Waals surface area contributed by atoms with Crippen molar-refractivity contribution in [1.82, 2.24) is 10.1 Å². The summed E-state index contributed by atoms with van der Waals surface area (Å²) in [7, 11) is 3.23. The largest absolute Gasteiger partial charge is 0.493 e. The van der Waals surface area contributed by atoms with Crippen LogP contribution < -0.4 is 9.47 Å². The minimum absolute atomic E-state index is 0.00973. The van der Waals surface area contributed by atoms with Gasteiger partial charge in [-0.15, -0.1) is 11.3 Å². The highest BCUT2D eigenvalue weighted by Gasteiger charge is 2.36.